The Bertz CT molecular complexity index is 231. The predicted octanol–water partition coefficient (Wildman–Crippen LogP) is 5.15. The minimum Gasteiger partial charge on any atom is -0.321 e. The molecule has 0 fully saturated rings. The first-order valence-electron chi connectivity index (χ1n) is 8.51. The van der Waals surface area contributed by atoms with E-state index < -0.39 is 0 Å². The van der Waals surface area contributed by atoms with Crippen molar-refractivity contribution in [3.8, 4) is 0 Å². The number of unbranched alkanes of at least 4 members (excludes halogenated alkanes) is 9. The molecule has 2 N–H and O–H groups in total. The normalized spacial score (nSPS) is 12.8. The van der Waals surface area contributed by atoms with Crippen LogP contribution in [0.4, 0.5) is 0 Å². The Hall–Kier alpha value is -0.0200. The Kier molecular flexibility index (Phi) is 13.9. The van der Waals surface area contributed by atoms with E-state index in [1.54, 1.807) is 0 Å². The van der Waals surface area contributed by atoms with Crippen LogP contribution in [0.5, 0.6) is 0 Å². The summed E-state index contributed by atoms with van der Waals surface area (Å²) >= 11 is 1.43. The molecule has 0 heterocycles. The first kappa shape index (κ1) is 20.0. The highest BCUT2D eigenvalue weighted by Crippen LogP contribution is 2.15. The summed E-state index contributed by atoms with van der Waals surface area (Å²) < 4.78 is 0. The zero-order chi connectivity index (χ0) is 15.2. The van der Waals surface area contributed by atoms with Crippen molar-refractivity contribution in [2.45, 2.75) is 91.0 Å². The SMILES string of the molecule is CCCCCCCCCCCCSC(=O)C(N)C(C)C. The molecule has 0 rings (SSSR count). The Balaban J connectivity index is 3.23. The zero-order valence-electron chi connectivity index (χ0n) is 13.8. The van der Waals surface area contributed by atoms with Crippen LogP contribution in [0, 0.1) is 5.92 Å². The third kappa shape index (κ3) is 11.8. The summed E-state index contributed by atoms with van der Waals surface area (Å²) in [5.74, 6) is 1.19. The van der Waals surface area contributed by atoms with Crippen LogP contribution in [0.1, 0.15) is 85.0 Å². The van der Waals surface area contributed by atoms with Gasteiger partial charge in [0.05, 0.1) is 6.04 Å². The highest BCUT2D eigenvalue weighted by atomic mass is 32.2. The Morgan fingerprint density at radius 3 is 1.80 bits per heavy atom. The fourth-order valence-electron chi connectivity index (χ4n) is 2.13. The first-order chi connectivity index (χ1) is 9.59. The van der Waals surface area contributed by atoms with E-state index in [2.05, 4.69) is 6.92 Å². The highest BCUT2D eigenvalue weighted by molar-refractivity contribution is 8.13. The van der Waals surface area contributed by atoms with Gasteiger partial charge in [0.2, 0.25) is 5.12 Å². The third-order valence-corrected chi connectivity index (χ3v) is 4.78. The van der Waals surface area contributed by atoms with Crippen LogP contribution in [-0.2, 0) is 4.79 Å². The van der Waals surface area contributed by atoms with Gasteiger partial charge in [-0.2, -0.15) is 0 Å². The third-order valence-electron chi connectivity index (χ3n) is 3.73. The van der Waals surface area contributed by atoms with Crippen LogP contribution >= 0.6 is 11.8 Å². The molecule has 0 spiro atoms. The van der Waals surface area contributed by atoms with Crippen LogP contribution in [0.15, 0.2) is 0 Å². The maximum Gasteiger partial charge on any atom is 0.205 e. The van der Waals surface area contributed by atoms with Crippen molar-refractivity contribution in [2.75, 3.05) is 5.75 Å². The lowest BCUT2D eigenvalue weighted by atomic mass is 10.1. The standard InChI is InChI=1S/C17H35NOS/c1-4-5-6-7-8-9-10-11-12-13-14-20-17(19)16(18)15(2)3/h15-16H,4-14,18H2,1-3H3. The van der Waals surface area contributed by atoms with Crippen LogP contribution in [-0.4, -0.2) is 16.9 Å². The summed E-state index contributed by atoms with van der Waals surface area (Å²) in [6.45, 7) is 6.27. The summed E-state index contributed by atoms with van der Waals surface area (Å²) in [5.41, 5.74) is 5.82. The number of hydrogen-bond donors (Lipinski definition) is 1. The predicted molar refractivity (Wildman–Crippen MR) is 92.1 cm³/mol. The number of nitrogens with two attached hydrogens (primary N) is 1. The van der Waals surface area contributed by atoms with Gasteiger partial charge in [0.25, 0.3) is 0 Å². The van der Waals surface area contributed by atoms with Crippen molar-refractivity contribution in [2.24, 2.45) is 11.7 Å². The van der Waals surface area contributed by atoms with Crippen LogP contribution in [0.25, 0.3) is 0 Å². The molecule has 0 aromatic carbocycles. The molecular weight excluding hydrogens is 266 g/mol. The second kappa shape index (κ2) is 13.9. The molecule has 0 saturated carbocycles. The van der Waals surface area contributed by atoms with Crippen LogP contribution in [0.2, 0.25) is 0 Å². The van der Waals surface area contributed by atoms with Crippen molar-refractivity contribution in [3.05, 3.63) is 0 Å². The van der Waals surface area contributed by atoms with Gasteiger partial charge in [0.15, 0.2) is 0 Å². The molecule has 0 saturated heterocycles. The van der Waals surface area contributed by atoms with E-state index in [9.17, 15) is 4.79 Å². The molecule has 0 aromatic rings. The fourth-order valence-corrected chi connectivity index (χ4v) is 3.14. The molecular formula is C17H35NOS. The van der Waals surface area contributed by atoms with Gasteiger partial charge in [0.1, 0.15) is 0 Å². The largest absolute Gasteiger partial charge is 0.321 e. The van der Waals surface area contributed by atoms with Gasteiger partial charge >= 0.3 is 0 Å². The van der Waals surface area contributed by atoms with E-state index in [0.717, 1.165) is 12.2 Å². The molecule has 1 atom stereocenters. The van der Waals surface area contributed by atoms with Gasteiger partial charge in [0, 0.05) is 5.75 Å². The average Bonchev–Trinajstić information content (AvgIpc) is 2.43. The fraction of sp³-hybridized carbons (Fsp3) is 0.941. The molecule has 0 aromatic heterocycles. The lowest BCUT2D eigenvalue weighted by Crippen LogP contribution is -2.33. The molecule has 20 heavy (non-hydrogen) atoms. The number of thioether (sulfide) groups is 1. The first-order valence-corrected chi connectivity index (χ1v) is 9.50. The zero-order valence-corrected chi connectivity index (χ0v) is 14.6. The smallest absolute Gasteiger partial charge is 0.205 e. The summed E-state index contributed by atoms with van der Waals surface area (Å²) in [4.78, 5) is 11.7. The van der Waals surface area contributed by atoms with Gasteiger partial charge < -0.3 is 5.73 Å². The molecule has 0 aliphatic heterocycles. The lowest BCUT2D eigenvalue weighted by molar-refractivity contribution is -0.112. The van der Waals surface area contributed by atoms with Gasteiger partial charge in [-0.15, -0.1) is 0 Å². The topological polar surface area (TPSA) is 43.1 Å². The van der Waals surface area contributed by atoms with Gasteiger partial charge in [-0.1, -0.05) is 90.3 Å². The van der Waals surface area contributed by atoms with E-state index >= 15 is 0 Å². The Morgan fingerprint density at radius 2 is 1.35 bits per heavy atom. The highest BCUT2D eigenvalue weighted by Gasteiger charge is 2.16. The molecule has 0 aliphatic rings. The number of rotatable bonds is 13. The quantitative estimate of drug-likeness (QED) is 0.478. The molecule has 120 valence electrons. The number of carbonyl (C=O) groups is 1. The molecule has 1 unspecified atom stereocenters. The van der Waals surface area contributed by atoms with E-state index in [0.29, 0.717) is 0 Å². The average molecular weight is 302 g/mol. The summed E-state index contributed by atoms with van der Waals surface area (Å²) in [6, 6.07) is -0.289. The monoisotopic (exact) mass is 301 g/mol. The molecule has 0 bridgehead atoms. The van der Waals surface area contributed by atoms with Crippen molar-refractivity contribution in [3.63, 3.8) is 0 Å². The summed E-state index contributed by atoms with van der Waals surface area (Å²) in [6.07, 6.45) is 13.4. The Morgan fingerprint density at radius 1 is 0.900 bits per heavy atom. The molecule has 0 aliphatic carbocycles. The van der Waals surface area contributed by atoms with Crippen molar-refractivity contribution in [1.82, 2.24) is 0 Å². The van der Waals surface area contributed by atoms with Gasteiger partial charge in [-0.05, 0) is 12.3 Å². The summed E-state index contributed by atoms with van der Waals surface area (Å²) in [5, 5.41) is 0.163. The van der Waals surface area contributed by atoms with Crippen molar-refractivity contribution < 1.29 is 4.79 Å². The maximum absolute atomic E-state index is 11.7. The molecule has 2 nitrogen and oxygen atoms in total. The van der Waals surface area contributed by atoms with Crippen LogP contribution < -0.4 is 5.73 Å². The van der Waals surface area contributed by atoms with Crippen molar-refractivity contribution >= 4 is 16.9 Å². The van der Waals surface area contributed by atoms with Gasteiger partial charge in [-0.25, -0.2) is 0 Å². The second-order valence-electron chi connectivity index (χ2n) is 6.12. The molecule has 0 amide bonds. The minimum atomic E-state index is -0.289. The number of carbonyl (C=O) groups excluding carboxylic acids is 1. The summed E-state index contributed by atoms with van der Waals surface area (Å²) in [7, 11) is 0. The number of hydrogen-bond acceptors (Lipinski definition) is 3. The van der Waals surface area contributed by atoms with E-state index in [4.69, 9.17) is 5.73 Å². The second-order valence-corrected chi connectivity index (χ2v) is 7.22. The Labute approximate surface area is 130 Å². The minimum absolute atomic E-state index is 0.163. The van der Waals surface area contributed by atoms with E-state index in [1.807, 2.05) is 13.8 Å². The van der Waals surface area contributed by atoms with Crippen molar-refractivity contribution in [1.29, 1.82) is 0 Å². The molecule has 3 heteroatoms. The van der Waals surface area contributed by atoms with Gasteiger partial charge in [-0.3, -0.25) is 4.79 Å². The molecule has 0 radical (unpaired) electrons. The lowest BCUT2D eigenvalue weighted by Gasteiger charge is -2.13. The van der Waals surface area contributed by atoms with E-state index in [-0.39, 0.29) is 17.1 Å². The maximum atomic E-state index is 11.7. The van der Waals surface area contributed by atoms with Crippen LogP contribution in [0.3, 0.4) is 0 Å². The van der Waals surface area contributed by atoms with E-state index in [1.165, 1.54) is 69.5 Å².